The second kappa shape index (κ2) is 19.6. The van der Waals surface area contributed by atoms with Gasteiger partial charge in [0.2, 0.25) is 0 Å². The van der Waals surface area contributed by atoms with Crippen molar-refractivity contribution in [2.45, 2.75) is 0 Å². The zero-order chi connectivity index (χ0) is 55.2. The van der Waals surface area contributed by atoms with Crippen molar-refractivity contribution >= 4 is 78.1 Å². The van der Waals surface area contributed by atoms with E-state index in [0.717, 1.165) is 146 Å². The number of ether oxygens (including phenoxy) is 1. The summed E-state index contributed by atoms with van der Waals surface area (Å²) >= 11 is -1.31. The van der Waals surface area contributed by atoms with Gasteiger partial charge in [-0.2, -0.15) is 0 Å². The molecule has 0 spiro atoms. The van der Waals surface area contributed by atoms with Gasteiger partial charge in [0.15, 0.2) is 0 Å². The Labute approximate surface area is 496 Å². The average molecular weight is 1250 g/mol. The fourth-order valence-electron chi connectivity index (χ4n) is 12.6. The minimum absolute atomic E-state index is 0.767. The molecule has 0 fully saturated rings. The molecule has 12 aromatic carbocycles. The van der Waals surface area contributed by atoms with Crippen LogP contribution in [0.3, 0.4) is 0 Å². The SMILES string of the molecule is C1=Cc2ccc(cc2)-c2cc(-c3ccccc3)cc3c2N2[C]4=[Pt]=[C]5N(c6cccc(c6)Oc6cccc(c6)N4c4ccccc42)c2ccccc2N5c2c(cc(-c4ccccc4)cc2-c2ccc(cc2)C=Cc2ccc-3cc2)-c2ccc1cc2. The number of hydrogen-bond donors (Lipinski definition) is 0. The third kappa shape index (κ3) is 8.11. The number of benzene rings is 12. The monoisotopic (exact) mass is 1250 g/mol. The predicted octanol–water partition coefficient (Wildman–Crippen LogP) is 20.3. The molecule has 21 rings (SSSR count). The van der Waals surface area contributed by atoms with Crippen LogP contribution in [0.5, 0.6) is 11.5 Å². The molecule has 0 radical (unpaired) electrons. The summed E-state index contributed by atoms with van der Waals surface area (Å²) in [7, 11) is 0. The Morgan fingerprint density at radius 1 is 0.238 bits per heavy atom. The van der Waals surface area contributed by atoms with Gasteiger partial charge in [-0.05, 0) is 0 Å². The van der Waals surface area contributed by atoms with Gasteiger partial charge in [0.25, 0.3) is 0 Å². The Hall–Kier alpha value is -10.5. The normalized spacial score (nSPS) is 13.9. The molecule has 9 aliphatic rings. The average Bonchev–Trinajstić information content (AvgIpc) is 2.57. The molecule has 0 aliphatic carbocycles. The summed E-state index contributed by atoms with van der Waals surface area (Å²) in [5.41, 5.74) is 26.8. The first-order valence-electron chi connectivity index (χ1n) is 28.4. The summed E-state index contributed by atoms with van der Waals surface area (Å²) in [6, 6.07) is 104. The maximum absolute atomic E-state index is 6.99. The Kier molecular flexibility index (Phi) is 11.3. The fourth-order valence-corrected chi connectivity index (χ4v) is 16.2. The second-order valence-electron chi connectivity index (χ2n) is 21.7. The molecule has 84 heavy (non-hydrogen) atoms. The first kappa shape index (κ1) is 48.3. The van der Waals surface area contributed by atoms with Crippen molar-refractivity contribution in [1.82, 2.24) is 0 Å². The summed E-state index contributed by atoms with van der Waals surface area (Å²) in [6.07, 6.45) is 8.96. The van der Waals surface area contributed by atoms with E-state index in [0.29, 0.717) is 0 Å². The van der Waals surface area contributed by atoms with E-state index < -0.39 is 17.6 Å². The van der Waals surface area contributed by atoms with Gasteiger partial charge in [-0.25, -0.2) is 0 Å². The van der Waals surface area contributed by atoms with E-state index in [1.807, 2.05) is 0 Å². The Morgan fingerprint density at radius 3 is 0.881 bits per heavy atom. The molecule has 0 saturated heterocycles. The molecule has 12 aromatic rings. The summed E-state index contributed by atoms with van der Waals surface area (Å²) in [4.78, 5) is 10.4. The van der Waals surface area contributed by atoms with Gasteiger partial charge in [0.05, 0.1) is 0 Å². The summed E-state index contributed by atoms with van der Waals surface area (Å²) in [5.74, 6) is 1.53. The molecule has 398 valence electrons. The van der Waals surface area contributed by atoms with Crippen molar-refractivity contribution in [2.24, 2.45) is 0 Å². The number of para-hydroxylation sites is 4. The van der Waals surface area contributed by atoms with Crippen LogP contribution in [-0.4, -0.2) is 8.29 Å². The van der Waals surface area contributed by atoms with Crippen LogP contribution in [0.15, 0.2) is 279 Å². The zero-order valence-corrected chi connectivity index (χ0v) is 47.7. The molecule has 9 heterocycles. The molecule has 0 N–H and O–H groups in total. The molecule has 0 saturated carbocycles. The summed E-state index contributed by atoms with van der Waals surface area (Å²) in [6.45, 7) is 0. The maximum atomic E-state index is 6.99. The van der Waals surface area contributed by atoms with Crippen molar-refractivity contribution in [2.75, 3.05) is 19.6 Å². The van der Waals surface area contributed by atoms with Gasteiger partial charge in [-0.1, -0.05) is 0 Å². The van der Waals surface area contributed by atoms with Gasteiger partial charge < -0.3 is 0 Å². The van der Waals surface area contributed by atoms with Crippen LogP contribution in [0.25, 0.3) is 91.1 Å². The molecule has 9 aliphatic heterocycles. The third-order valence-electron chi connectivity index (χ3n) is 16.6. The quantitative estimate of drug-likeness (QED) is 0.172. The van der Waals surface area contributed by atoms with Gasteiger partial charge >= 0.3 is 500 Å². The van der Waals surface area contributed by atoms with Crippen LogP contribution in [0.2, 0.25) is 0 Å². The predicted molar refractivity (Wildman–Crippen MR) is 348 cm³/mol. The van der Waals surface area contributed by atoms with Crippen LogP contribution in [-0.2, 0) is 17.6 Å². The van der Waals surface area contributed by atoms with Crippen molar-refractivity contribution < 1.29 is 22.4 Å². The van der Waals surface area contributed by atoms with E-state index >= 15 is 0 Å². The topological polar surface area (TPSA) is 22.2 Å². The van der Waals surface area contributed by atoms with Crippen molar-refractivity contribution in [3.05, 3.63) is 301 Å². The Balaban J connectivity index is 1.11. The fraction of sp³-hybridized carbons (Fsp3) is 0. The van der Waals surface area contributed by atoms with Gasteiger partial charge in [0.1, 0.15) is 0 Å². The van der Waals surface area contributed by atoms with E-state index in [1.54, 1.807) is 0 Å². The van der Waals surface area contributed by atoms with Crippen molar-refractivity contribution in [3.63, 3.8) is 0 Å². The van der Waals surface area contributed by atoms with Gasteiger partial charge in [0, 0.05) is 0 Å². The number of nitrogens with zero attached hydrogens (tertiary/aromatic N) is 4. The number of hydrogen-bond acceptors (Lipinski definition) is 5. The Morgan fingerprint density at radius 2 is 0.548 bits per heavy atom. The molecule has 5 nitrogen and oxygen atoms in total. The molecule has 16 bridgehead atoms. The van der Waals surface area contributed by atoms with Crippen LogP contribution >= 0.6 is 0 Å². The first-order chi connectivity index (χ1) is 41.6. The summed E-state index contributed by atoms with van der Waals surface area (Å²) < 4.78 is 9.34. The minimum atomic E-state index is -1.31. The van der Waals surface area contributed by atoms with E-state index in [-0.39, 0.29) is 0 Å². The van der Waals surface area contributed by atoms with Crippen LogP contribution in [0.1, 0.15) is 22.3 Å². The first-order valence-corrected chi connectivity index (χ1v) is 30.7. The molecule has 0 aromatic heterocycles. The van der Waals surface area contributed by atoms with E-state index in [2.05, 4.69) is 323 Å². The Bertz CT molecular complexity index is 4330. The number of fused-ring (bicyclic) bond motifs is 14. The van der Waals surface area contributed by atoms with Crippen LogP contribution < -0.4 is 24.3 Å². The summed E-state index contributed by atoms with van der Waals surface area (Å²) in [5, 5.41) is 0. The molecule has 6 heteroatoms. The molecule has 0 amide bonds. The third-order valence-corrected chi connectivity index (χ3v) is 19.7. The number of anilines is 8. The zero-order valence-electron chi connectivity index (χ0n) is 45.4. The second-order valence-corrected chi connectivity index (χ2v) is 24.3. The molecular formula is C78H50N4OPt. The van der Waals surface area contributed by atoms with Crippen LogP contribution in [0, 0.1) is 0 Å². The van der Waals surface area contributed by atoms with Crippen LogP contribution in [0.4, 0.5) is 45.5 Å². The molecular weight excluding hydrogens is 1200 g/mol. The van der Waals surface area contributed by atoms with Gasteiger partial charge in [-0.3, -0.25) is 0 Å². The molecule has 0 atom stereocenters. The number of rotatable bonds is 2. The van der Waals surface area contributed by atoms with Crippen molar-refractivity contribution in [3.8, 4) is 78.3 Å². The van der Waals surface area contributed by atoms with E-state index in [9.17, 15) is 0 Å². The molecule has 0 unspecified atom stereocenters. The van der Waals surface area contributed by atoms with Crippen molar-refractivity contribution in [1.29, 1.82) is 0 Å². The van der Waals surface area contributed by atoms with E-state index in [4.69, 9.17) is 4.74 Å². The van der Waals surface area contributed by atoms with Gasteiger partial charge in [-0.15, -0.1) is 0 Å². The standard InChI is InChI=1S/C78H50N4O.Pt/c1-3-13-57(14-4-1)63-45-69-59-37-29-53(30-38-59)25-27-55-33-41-61(42-34-55)71-47-64(58-15-5-2-6-16-58)48-72-62-43-35-56(36-44-62)28-26-54-31-39-60(40-32-54)70(46-63)77(69)81-51-79(73-21-7-9-23-75(73)81)65-17-11-19-67(49-65)83-68-20-12-18-66(50-68)80-52-82(78(71)72)76-24-10-8-22-74(76)80;/h1-50H;. The van der Waals surface area contributed by atoms with E-state index in [1.165, 1.54) is 8.29 Å².